The van der Waals surface area contributed by atoms with Crippen LogP contribution >= 0.6 is 0 Å². The number of aryl methyl sites for hydroxylation is 2. The van der Waals surface area contributed by atoms with Crippen molar-refractivity contribution < 1.29 is 0 Å². The van der Waals surface area contributed by atoms with Gasteiger partial charge < -0.3 is 4.90 Å². The maximum Gasteiger partial charge on any atom is 0.0398 e. The summed E-state index contributed by atoms with van der Waals surface area (Å²) in [7, 11) is 0. The van der Waals surface area contributed by atoms with E-state index in [1.807, 2.05) is 13.8 Å². The Bertz CT molecular complexity index is 304. The molecule has 1 nitrogen and oxygen atoms in total. The van der Waals surface area contributed by atoms with Crippen LogP contribution in [0, 0.1) is 13.8 Å². The van der Waals surface area contributed by atoms with Crippen molar-refractivity contribution in [1.82, 2.24) is 0 Å². The molecule has 0 aliphatic heterocycles. The Kier molecular flexibility index (Phi) is 8.57. The molecule has 0 atom stereocenters. The molecule has 0 saturated heterocycles. The first kappa shape index (κ1) is 16.0. The van der Waals surface area contributed by atoms with Gasteiger partial charge in [-0.2, -0.15) is 0 Å². The molecule has 1 aromatic rings. The van der Waals surface area contributed by atoms with Gasteiger partial charge in [0.1, 0.15) is 0 Å². The summed E-state index contributed by atoms with van der Waals surface area (Å²) < 4.78 is 0. The number of rotatable bonds is 5. The third-order valence-electron chi connectivity index (χ3n) is 2.87. The van der Waals surface area contributed by atoms with Crippen molar-refractivity contribution in [2.45, 2.75) is 54.4 Å². The quantitative estimate of drug-likeness (QED) is 0.697. The fraction of sp³-hybridized carbons (Fsp3) is 0.625. The van der Waals surface area contributed by atoms with E-state index in [0.717, 1.165) is 6.54 Å². The smallest absolute Gasteiger partial charge is 0.0398 e. The summed E-state index contributed by atoms with van der Waals surface area (Å²) in [6, 6.07) is 6.71. The number of nitrogens with zero attached hydrogens (tertiary/aromatic N) is 1. The zero-order valence-corrected chi connectivity index (χ0v) is 12.5. The summed E-state index contributed by atoms with van der Waals surface area (Å²) in [5.74, 6) is 0. The second-order valence-corrected chi connectivity index (χ2v) is 4.22. The number of benzene rings is 1. The Hall–Kier alpha value is -0.980. The van der Waals surface area contributed by atoms with Crippen molar-refractivity contribution in [2.24, 2.45) is 0 Å². The zero-order valence-electron chi connectivity index (χ0n) is 12.5. The molecule has 0 N–H and O–H groups in total. The summed E-state index contributed by atoms with van der Waals surface area (Å²) in [5, 5.41) is 0. The van der Waals surface area contributed by atoms with Gasteiger partial charge in [0.25, 0.3) is 0 Å². The Morgan fingerprint density at radius 3 is 2.24 bits per heavy atom. The minimum absolute atomic E-state index is 1.10. The van der Waals surface area contributed by atoms with Crippen LogP contribution in [-0.4, -0.2) is 13.1 Å². The van der Waals surface area contributed by atoms with Crippen LogP contribution in [-0.2, 0) is 0 Å². The standard InChI is InChI=1S/C14H23N.C2H6/c1-5-7-10-15(6-2)14-11-12(3)8-9-13(14)4;1-2/h8-9,11H,5-7,10H2,1-4H3;1-2H3. The van der Waals surface area contributed by atoms with Gasteiger partial charge in [0.2, 0.25) is 0 Å². The van der Waals surface area contributed by atoms with Crippen LogP contribution in [0.3, 0.4) is 0 Å². The van der Waals surface area contributed by atoms with Crippen molar-refractivity contribution in [2.75, 3.05) is 18.0 Å². The second-order valence-electron chi connectivity index (χ2n) is 4.22. The molecule has 0 aliphatic carbocycles. The van der Waals surface area contributed by atoms with Gasteiger partial charge in [-0.3, -0.25) is 0 Å². The highest BCUT2D eigenvalue weighted by Gasteiger charge is 2.06. The fourth-order valence-corrected chi connectivity index (χ4v) is 1.86. The van der Waals surface area contributed by atoms with Crippen molar-refractivity contribution >= 4 is 5.69 Å². The summed E-state index contributed by atoms with van der Waals surface area (Å²) in [6.07, 6.45) is 2.54. The third-order valence-corrected chi connectivity index (χ3v) is 2.87. The van der Waals surface area contributed by atoms with Crippen molar-refractivity contribution in [3.05, 3.63) is 29.3 Å². The molecule has 0 aliphatic rings. The van der Waals surface area contributed by atoms with E-state index in [1.54, 1.807) is 0 Å². The van der Waals surface area contributed by atoms with Crippen LogP contribution in [0.2, 0.25) is 0 Å². The summed E-state index contributed by atoms with van der Waals surface area (Å²) in [6.45, 7) is 15.1. The summed E-state index contributed by atoms with van der Waals surface area (Å²) in [5.41, 5.74) is 4.15. The Morgan fingerprint density at radius 1 is 1.06 bits per heavy atom. The maximum atomic E-state index is 2.48. The van der Waals surface area contributed by atoms with E-state index in [9.17, 15) is 0 Å². The minimum atomic E-state index is 1.10. The molecule has 0 spiro atoms. The molecule has 0 amide bonds. The summed E-state index contributed by atoms with van der Waals surface area (Å²) >= 11 is 0. The SMILES string of the molecule is CC.CCCCN(CC)c1cc(C)ccc1C. The van der Waals surface area contributed by atoms with E-state index < -0.39 is 0 Å². The average Bonchev–Trinajstić information content (AvgIpc) is 2.36. The maximum absolute atomic E-state index is 2.48. The van der Waals surface area contributed by atoms with Crippen LogP contribution in [0.1, 0.15) is 51.7 Å². The van der Waals surface area contributed by atoms with Gasteiger partial charge in [-0.15, -0.1) is 0 Å². The van der Waals surface area contributed by atoms with E-state index in [0.29, 0.717) is 0 Å². The van der Waals surface area contributed by atoms with Gasteiger partial charge >= 0.3 is 0 Å². The number of hydrogen-bond acceptors (Lipinski definition) is 1. The van der Waals surface area contributed by atoms with Crippen molar-refractivity contribution in [3.8, 4) is 0 Å². The molecule has 0 unspecified atom stereocenters. The highest BCUT2D eigenvalue weighted by atomic mass is 15.1. The van der Waals surface area contributed by atoms with Crippen LogP contribution in [0.15, 0.2) is 18.2 Å². The molecule has 0 radical (unpaired) electrons. The van der Waals surface area contributed by atoms with Gasteiger partial charge in [-0.1, -0.05) is 39.3 Å². The molecule has 17 heavy (non-hydrogen) atoms. The molecule has 0 bridgehead atoms. The third kappa shape index (κ3) is 5.25. The monoisotopic (exact) mass is 235 g/mol. The topological polar surface area (TPSA) is 3.24 Å². The van der Waals surface area contributed by atoms with Crippen LogP contribution in [0.25, 0.3) is 0 Å². The van der Waals surface area contributed by atoms with Gasteiger partial charge in [-0.25, -0.2) is 0 Å². The lowest BCUT2D eigenvalue weighted by molar-refractivity contribution is 0.730. The highest BCUT2D eigenvalue weighted by molar-refractivity contribution is 5.54. The van der Waals surface area contributed by atoms with E-state index >= 15 is 0 Å². The van der Waals surface area contributed by atoms with E-state index in [4.69, 9.17) is 0 Å². The lowest BCUT2D eigenvalue weighted by Crippen LogP contribution is -2.24. The highest BCUT2D eigenvalue weighted by Crippen LogP contribution is 2.21. The Labute approximate surface area is 108 Å². The molecule has 0 aromatic heterocycles. The molecular formula is C16H29N. The largest absolute Gasteiger partial charge is 0.372 e. The minimum Gasteiger partial charge on any atom is -0.372 e. The van der Waals surface area contributed by atoms with Gasteiger partial charge in [-0.05, 0) is 44.4 Å². The van der Waals surface area contributed by atoms with E-state index in [1.165, 1.54) is 36.2 Å². The average molecular weight is 235 g/mol. The van der Waals surface area contributed by atoms with Gasteiger partial charge in [0.15, 0.2) is 0 Å². The predicted molar refractivity (Wildman–Crippen MR) is 80.1 cm³/mol. The normalized spacial score (nSPS) is 9.53. The first-order valence-corrected chi connectivity index (χ1v) is 7.01. The molecule has 1 rings (SSSR count). The van der Waals surface area contributed by atoms with Crippen LogP contribution in [0.4, 0.5) is 5.69 Å². The van der Waals surface area contributed by atoms with E-state index in [-0.39, 0.29) is 0 Å². The van der Waals surface area contributed by atoms with Crippen LogP contribution in [0.5, 0.6) is 0 Å². The molecule has 0 heterocycles. The predicted octanol–water partition coefficient (Wildman–Crippen LogP) is 4.96. The van der Waals surface area contributed by atoms with E-state index in [2.05, 4.69) is 50.8 Å². The van der Waals surface area contributed by atoms with Gasteiger partial charge in [0, 0.05) is 18.8 Å². The Morgan fingerprint density at radius 2 is 1.71 bits per heavy atom. The lowest BCUT2D eigenvalue weighted by atomic mass is 10.1. The molecule has 0 fully saturated rings. The molecule has 98 valence electrons. The molecule has 1 aromatic carbocycles. The Balaban J connectivity index is 0.00000121. The molecule has 1 heteroatoms. The second kappa shape index (κ2) is 9.09. The summed E-state index contributed by atoms with van der Waals surface area (Å²) in [4.78, 5) is 2.48. The lowest BCUT2D eigenvalue weighted by Gasteiger charge is -2.25. The number of anilines is 1. The first-order chi connectivity index (χ1) is 8.19. The molecule has 0 saturated carbocycles. The number of unbranched alkanes of at least 4 members (excludes halogenated alkanes) is 1. The van der Waals surface area contributed by atoms with Crippen molar-refractivity contribution in [3.63, 3.8) is 0 Å². The van der Waals surface area contributed by atoms with Crippen LogP contribution < -0.4 is 4.90 Å². The first-order valence-electron chi connectivity index (χ1n) is 7.01. The number of hydrogen-bond donors (Lipinski definition) is 0. The fourth-order valence-electron chi connectivity index (χ4n) is 1.86. The zero-order chi connectivity index (χ0) is 13.3. The van der Waals surface area contributed by atoms with Crippen molar-refractivity contribution in [1.29, 1.82) is 0 Å². The molecular weight excluding hydrogens is 206 g/mol. The van der Waals surface area contributed by atoms with Gasteiger partial charge in [0.05, 0.1) is 0 Å².